The normalized spacial score (nSPS) is 17.4. The first-order valence-electron chi connectivity index (χ1n) is 6.96. The van der Waals surface area contributed by atoms with Crippen LogP contribution in [0.15, 0.2) is 18.2 Å². The number of nitrogens with one attached hydrogen (secondary N) is 1. The molecule has 1 fully saturated rings. The third kappa shape index (κ3) is 5.78. The lowest BCUT2D eigenvalue weighted by Crippen LogP contribution is -2.45. The molecular formula is C14H18ClF5N2O. The van der Waals surface area contributed by atoms with E-state index in [0.29, 0.717) is 26.2 Å². The van der Waals surface area contributed by atoms with Gasteiger partial charge in [-0.1, -0.05) is 0 Å². The number of halogens is 6. The number of alkyl halides is 4. The molecule has 1 N–H and O–H groups in total. The van der Waals surface area contributed by atoms with Gasteiger partial charge in [-0.2, -0.15) is 0 Å². The van der Waals surface area contributed by atoms with Crippen molar-refractivity contribution in [1.29, 1.82) is 0 Å². The summed E-state index contributed by atoms with van der Waals surface area (Å²) in [4.78, 5) is 1.87. The second-order valence-corrected chi connectivity index (χ2v) is 5.01. The lowest BCUT2D eigenvalue weighted by atomic mass is 10.0. The topological polar surface area (TPSA) is 24.5 Å². The summed E-state index contributed by atoms with van der Waals surface area (Å²) in [6.07, 6.45) is -4.83. The molecule has 0 bridgehead atoms. The van der Waals surface area contributed by atoms with Gasteiger partial charge in [0.1, 0.15) is 11.6 Å². The molecule has 1 saturated heterocycles. The number of hydrogen-bond acceptors (Lipinski definition) is 3. The van der Waals surface area contributed by atoms with Gasteiger partial charge in [0.15, 0.2) is 0 Å². The van der Waals surface area contributed by atoms with Crippen LogP contribution >= 0.6 is 12.4 Å². The average Bonchev–Trinajstić information content (AvgIpc) is 2.46. The fourth-order valence-corrected chi connectivity index (χ4v) is 2.61. The van der Waals surface area contributed by atoms with Gasteiger partial charge in [0.2, 0.25) is 0 Å². The van der Waals surface area contributed by atoms with E-state index in [2.05, 4.69) is 10.1 Å². The van der Waals surface area contributed by atoms with Crippen molar-refractivity contribution in [3.05, 3.63) is 29.6 Å². The van der Waals surface area contributed by atoms with E-state index < -0.39 is 30.6 Å². The van der Waals surface area contributed by atoms with E-state index in [-0.39, 0.29) is 24.4 Å². The maximum atomic E-state index is 14.0. The van der Waals surface area contributed by atoms with Crippen molar-refractivity contribution < 1.29 is 26.7 Å². The van der Waals surface area contributed by atoms with Crippen molar-refractivity contribution in [1.82, 2.24) is 10.2 Å². The fourth-order valence-electron chi connectivity index (χ4n) is 2.61. The molecule has 132 valence electrons. The number of hydrogen-bond donors (Lipinski definition) is 1. The summed E-state index contributed by atoms with van der Waals surface area (Å²) < 4.78 is 67.5. The average molecular weight is 361 g/mol. The lowest BCUT2D eigenvalue weighted by Gasteiger charge is -2.35. The molecule has 0 saturated carbocycles. The molecule has 1 atom stereocenters. The molecule has 3 nitrogen and oxygen atoms in total. The lowest BCUT2D eigenvalue weighted by molar-refractivity contribution is -0.274. The Balaban J connectivity index is 0.00000264. The summed E-state index contributed by atoms with van der Waals surface area (Å²) in [5.41, 5.74) is 0.0290. The molecule has 23 heavy (non-hydrogen) atoms. The summed E-state index contributed by atoms with van der Waals surface area (Å²) in [7, 11) is 0. The van der Waals surface area contributed by atoms with Crippen LogP contribution in [0.2, 0.25) is 0 Å². The van der Waals surface area contributed by atoms with Crippen molar-refractivity contribution in [3.63, 3.8) is 0 Å². The molecule has 0 radical (unpaired) electrons. The minimum absolute atomic E-state index is 0. The molecule has 1 aliphatic heterocycles. The molecule has 0 aromatic heterocycles. The summed E-state index contributed by atoms with van der Waals surface area (Å²) in [5, 5.41) is 3.12. The van der Waals surface area contributed by atoms with Crippen molar-refractivity contribution in [2.45, 2.75) is 18.8 Å². The Morgan fingerprint density at radius 2 is 1.87 bits per heavy atom. The minimum Gasteiger partial charge on any atom is -0.406 e. The SMILES string of the molecule is Cl.FCC[C@@H](c1cc(OC(F)(F)F)ccc1F)N1CCNCC1. The summed E-state index contributed by atoms with van der Waals surface area (Å²) in [5.74, 6) is -1.16. The zero-order valence-corrected chi connectivity index (χ0v) is 13.0. The molecule has 0 amide bonds. The summed E-state index contributed by atoms with van der Waals surface area (Å²) >= 11 is 0. The van der Waals surface area contributed by atoms with Gasteiger partial charge in [-0.05, 0) is 24.6 Å². The summed E-state index contributed by atoms with van der Waals surface area (Å²) in [6, 6.07) is 2.23. The first-order chi connectivity index (χ1) is 10.4. The third-order valence-electron chi connectivity index (χ3n) is 3.53. The molecule has 0 spiro atoms. The van der Waals surface area contributed by atoms with Crippen molar-refractivity contribution in [3.8, 4) is 5.75 Å². The van der Waals surface area contributed by atoms with E-state index in [4.69, 9.17) is 0 Å². The van der Waals surface area contributed by atoms with E-state index in [1.165, 1.54) is 0 Å². The standard InChI is InChI=1S/C14H17F5N2O.ClH/c15-4-3-13(21-7-5-20-6-8-21)11-9-10(1-2-12(11)16)22-14(17,18)19;/h1-2,9,13,20H,3-8H2;1H/t13-;/m0./s1. The highest BCUT2D eigenvalue weighted by molar-refractivity contribution is 5.85. The van der Waals surface area contributed by atoms with Crippen LogP contribution in [0.5, 0.6) is 5.75 Å². The largest absolute Gasteiger partial charge is 0.573 e. The molecule has 1 aromatic rings. The number of nitrogens with zero attached hydrogens (tertiary/aromatic N) is 1. The molecule has 2 rings (SSSR count). The molecule has 1 aliphatic rings. The Bertz CT molecular complexity index is 495. The minimum atomic E-state index is -4.85. The molecular weight excluding hydrogens is 343 g/mol. The van der Waals surface area contributed by atoms with Gasteiger partial charge >= 0.3 is 6.36 Å². The highest BCUT2D eigenvalue weighted by atomic mass is 35.5. The predicted molar refractivity (Wildman–Crippen MR) is 78.1 cm³/mol. The second kappa shape index (κ2) is 8.65. The fraction of sp³-hybridized carbons (Fsp3) is 0.571. The van der Waals surface area contributed by atoms with Crippen LogP contribution in [-0.4, -0.2) is 44.1 Å². The maximum absolute atomic E-state index is 14.0. The highest BCUT2D eigenvalue weighted by Crippen LogP contribution is 2.32. The van der Waals surface area contributed by atoms with E-state index in [1.54, 1.807) is 0 Å². The zero-order valence-electron chi connectivity index (χ0n) is 12.2. The first-order valence-corrected chi connectivity index (χ1v) is 6.96. The number of rotatable bonds is 5. The first kappa shape index (κ1) is 19.9. The van der Waals surface area contributed by atoms with Gasteiger partial charge < -0.3 is 10.1 Å². The highest BCUT2D eigenvalue weighted by Gasteiger charge is 2.32. The van der Waals surface area contributed by atoms with E-state index in [1.807, 2.05) is 4.90 Å². The maximum Gasteiger partial charge on any atom is 0.573 e. The van der Waals surface area contributed by atoms with E-state index in [0.717, 1.165) is 18.2 Å². The Morgan fingerprint density at radius 3 is 2.43 bits per heavy atom. The van der Waals surface area contributed by atoms with Gasteiger partial charge in [-0.25, -0.2) is 4.39 Å². The van der Waals surface area contributed by atoms with Gasteiger partial charge in [-0.15, -0.1) is 25.6 Å². The van der Waals surface area contributed by atoms with Crippen molar-refractivity contribution >= 4 is 12.4 Å². The monoisotopic (exact) mass is 360 g/mol. The van der Waals surface area contributed by atoms with Gasteiger partial charge in [0, 0.05) is 37.8 Å². The van der Waals surface area contributed by atoms with E-state index >= 15 is 0 Å². The predicted octanol–water partition coefficient (Wildman–Crippen LogP) is 3.45. The second-order valence-electron chi connectivity index (χ2n) is 5.01. The molecule has 1 heterocycles. The van der Waals surface area contributed by atoms with Crippen LogP contribution in [0.3, 0.4) is 0 Å². The molecule has 0 unspecified atom stereocenters. The quantitative estimate of drug-likeness (QED) is 0.814. The van der Waals surface area contributed by atoms with Crippen LogP contribution in [-0.2, 0) is 0 Å². The molecule has 1 aromatic carbocycles. The van der Waals surface area contributed by atoms with Crippen molar-refractivity contribution in [2.75, 3.05) is 32.9 Å². The van der Waals surface area contributed by atoms with Crippen LogP contribution in [0.4, 0.5) is 22.0 Å². The Hall–Kier alpha value is -1.12. The van der Waals surface area contributed by atoms with Crippen LogP contribution in [0.25, 0.3) is 0 Å². The number of benzene rings is 1. The van der Waals surface area contributed by atoms with E-state index in [9.17, 15) is 22.0 Å². The molecule has 0 aliphatic carbocycles. The van der Waals surface area contributed by atoms with Crippen LogP contribution in [0.1, 0.15) is 18.0 Å². The van der Waals surface area contributed by atoms with Crippen LogP contribution in [0, 0.1) is 5.82 Å². The third-order valence-corrected chi connectivity index (χ3v) is 3.53. The Kier molecular flexibility index (Phi) is 7.50. The van der Waals surface area contributed by atoms with Gasteiger partial charge in [-0.3, -0.25) is 9.29 Å². The Labute approximate surface area is 137 Å². The Morgan fingerprint density at radius 1 is 1.22 bits per heavy atom. The molecule has 9 heteroatoms. The van der Waals surface area contributed by atoms with Crippen molar-refractivity contribution in [2.24, 2.45) is 0 Å². The zero-order chi connectivity index (χ0) is 16.2. The van der Waals surface area contributed by atoms with Gasteiger partial charge in [0.05, 0.1) is 6.67 Å². The smallest absolute Gasteiger partial charge is 0.406 e. The van der Waals surface area contributed by atoms with Crippen LogP contribution < -0.4 is 10.1 Å². The summed E-state index contributed by atoms with van der Waals surface area (Å²) in [6.45, 7) is 1.81. The van der Waals surface area contributed by atoms with Gasteiger partial charge in [0.25, 0.3) is 0 Å². The number of ether oxygens (including phenoxy) is 1. The number of piperazine rings is 1.